The second kappa shape index (κ2) is 7.28. The van der Waals surface area contributed by atoms with Crippen LogP contribution < -0.4 is 4.74 Å². The molecule has 0 aromatic heterocycles. The molecule has 0 saturated carbocycles. The van der Waals surface area contributed by atoms with Crippen LogP contribution in [0.5, 0.6) is 11.5 Å². The fraction of sp³-hybridized carbons (Fsp3) is 0. The number of Topliss-reactive ketones (excluding diaryl/α,β-unsaturated/α-hetero) is 1. The maximum absolute atomic E-state index is 12.5. The Bertz CT molecular complexity index is 851. The van der Waals surface area contributed by atoms with Crippen molar-refractivity contribution in [2.75, 3.05) is 0 Å². The lowest BCUT2D eigenvalue weighted by Crippen LogP contribution is -2.01. The average molecular weight is 379 g/mol. The third-order valence-corrected chi connectivity index (χ3v) is 4.09. The molecule has 3 heteroatoms. The Kier molecular flexibility index (Phi) is 4.92. The number of allylic oxidation sites excluding steroid dienone is 1. The van der Waals surface area contributed by atoms with Gasteiger partial charge in [0.15, 0.2) is 5.78 Å². The highest BCUT2D eigenvalue weighted by molar-refractivity contribution is 9.10. The summed E-state index contributed by atoms with van der Waals surface area (Å²) in [6.45, 7) is 3.92. The minimum atomic E-state index is -0.0939. The van der Waals surface area contributed by atoms with E-state index in [1.807, 2.05) is 54.6 Å². The smallest absolute Gasteiger partial charge is 0.193 e. The zero-order valence-corrected chi connectivity index (χ0v) is 14.5. The second-order valence-electron chi connectivity index (χ2n) is 5.25. The lowest BCUT2D eigenvalue weighted by molar-refractivity contribution is 0.105. The molecule has 3 aromatic rings. The number of ketones is 1. The topological polar surface area (TPSA) is 26.3 Å². The minimum Gasteiger partial charge on any atom is -0.457 e. The van der Waals surface area contributed by atoms with Crippen molar-refractivity contribution >= 4 is 27.3 Å². The first-order valence-corrected chi connectivity index (χ1v) is 8.25. The molecule has 0 heterocycles. The molecule has 0 aliphatic heterocycles. The van der Waals surface area contributed by atoms with E-state index in [0.717, 1.165) is 15.8 Å². The molecule has 118 valence electrons. The largest absolute Gasteiger partial charge is 0.457 e. The van der Waals surface area contributed by atoms with Crippen LogP contribution in [-0.2, 0) is 0 Å². The van der Waals surface area contributed by atoms with Gasteiger partial charge in [0.2, 0.25) is 0 Å². The fourth-order valence-corrected chi connectivity index (χ4v) is 2.52. The first-order valence-electron chi connectivity index (χ1n) is 7.46. The number of carbonyl (C=O) groups is 1. The Morgan fingerprint density at radius 1 is 0.750 bits per heavy atom. The van der Waals surface area contributed by atoms with Crippen molar-refractivity contribution in [2.45, 2.75) is 0 Å². The van der Waals surface area contributed by atoms with E-state index < -0.39 is 0 Å². The molecule has 0 N–H and O–H groups in total. The van der Waals surface area contributed by atoms with Crippen LogP contribution in [0.25, 0.3) is 5.57 Å². The lowest BCUT2D eigenvalue weighted by Gasteiger charge is -2.08. The highest BCUT2D eigenvalue weighted by atomic mass is 79.9. The van der Waals surface area contributed by atoms with Crippen LogP contribution in [0.15, 0.2) is 89.9 Å². The monoisotopic (exact) mass is 378 g/mol. The zero-order valence-electron chi connectivity index (χ0n) is 12.9. The lowest BCUT2D eigenvalue weighted by atomic mass is 9.98. The van der Waals surface area contributed by atoms with Gasteiger partial charge in [-0.2, -0.15) is 0 Å². The fourth-order valence-electron chi connectivity index (χ4n) is 2.26. The molecule has 0 fully saturated rings. The highest BCUT2D eigenvalue weighted by Gasteiger charge is 2.12. The van der Waals surface area contributed by atoms with Gasteiger partial charge in [-0.3, -0.25) is 4.79 Å². The summed E-state index contributed by atoms with van der Waals surface area (Å²) in [5.74, 6) is 1.35. The maximum atomic E-state index is 12.5. The van der Waals surface area contributed by atoms with E-state index in [1.54, 1.807) is 24.3 Å². The van der Waals surface area contributed by atoms with Crippen molar-refractivity contribution in [1.29, 1.82) is 0 Å². The van der Waals surface area contributed by atoms with Crippen molar-refractivity contribution in [3.05, 3.63) is 101 Å². The molecule has 24 heavy (non-hydrogen) atoms. The molecule has 0 aliphatic carbocycles. The molecule has 0 atom stereocenters. The van der Waals surface area contributed by atoms with Crippen LogP contribution in [0.3, 0.4) is 0 Å². The molecule has 3 aromatic carbocycles. The highest BCUT2D eigenvalue weighted by Crippen LogP contribution is 2.24. The second-order valence-corrected chi connectivity index (χ2v) is 6.17. The first-order chi connectivity index (χ1) is 11.6. The summed E-state index contributed by atoms with van der Waals surface area (Å²) in [4.78, 5) is 12.5. The third kappa shape index (κ3) is 3.81. The van der Waals surface area contributed by atoms with Crippen LogP contribution in [0, 0.1) is 0 Å². The van der Waals surface area contributed by atoms with Crippen molar-refractivity contribution in [2.24, 2.45) is 0 Å². The Hall–Kier alpha value is -2.65. The van der Waals surface area contributed by atoms with Crippen molar-refractivity contribution in [1.82, 2.24) is 0 Å². The number of hydrogen-bond donors (Lipinski definition) is 0. The first kappa shape index (κ1) is 16.2. The van der Waals surface area contributed by atoms with Crippen molar-refractivity contribution in [3.8, 4) is 11.5 Å². The summed E-state index contributed by atoms with van der Waals surface area (Å²) in [7, 11) is 0. The molecule has 0 bridgehead atoms. The molecule has 0 saturated heterocycles. The van der Waals surface area contributed by atoms with E-state index >= 15 is 0 Å². The molecule has 2 nitrogen and oxygen atoms in total. The van der Waals surface area contributed by atoms with E-state index in [2.05, 4.69) is 22.5 Å². The average Bonchev–Trinajstić information content (AvgIpc) is 2.63. The van der Waals surface area contributed by atoms with Crippen LogP contribution >= 0.6 is 15.9 Å². The predicted octanol–water partition coefficient (Wildman–Crippen LogP) is 6.14. The number of carbonyl (C=O) groups excluding carboxylic acids is 1. The maximum Gasteiger partial charge on any atom is 0.193 e. The van der Waals surface area contributed by atoms with Crippen molar-refractivity contribution < 1.29 is 9.53 Å². The third-order valence-electron chi connectivity index (χ3n) is 3.56. The number of halogens is 1. The molecule has 0 unspecified atom stereocenters. The standard InChI is InChI=1S/C21H15BrO2/c1-15(16-7-11-18(22)12-8-16)21(23)17-9-13-20(14-10-17)24-19-5-3-2-4-6-19/h2-14H,1H2. The van der Waals surface area contributed by atoms with Crippen LogP contribution in [0.1, 0.15) is 15.9 Å². The number of ether oxygens (including phenoxy) is 1. The normalized spacial score (nSPS) is 10.2. The van der Waals surface area contributed by atoms with Gasteiger partial charge in [0.1, 0.15) is 11.5 Å². The SMILES string of the molecule is C=C(C(=O)c1ccc(Oc2ccccc2)cc1)c1ccc(Br)cc1. The molecule has 0 aliphatic rings. The van der Waals surface area contributed by atoms with E-state index in [-0.39, 0.29) is 5.78 Å². The van der Waals surface area contributed by atoms with Gasteiger partial charge in [-0.1, -0.05) is 52.8 Å². The van der Waals surface area contributed by atoms with Crippen molar-refractivity contribution in [3.63, 3.8) is 0 Å². The van der Waals surface area contributed by atoms with E-state index in [1.165, 1.54) is 0 Å². The summed E-state index contributed by atoms with van der Waals surface area (Å²) in [6.07, 6.45) is 0. The summed E-state index contributed by atoms with van der Waals surface area (Å²) >= 11 is 3.38. The van der Waals surface area contributed by atoms with Gasteiger partial charge >= 0.3 is 0 Å². The van der Waals surface area contributed by atoms with E-state index in [9.17, 15) is 4.79 Å². The Labute approximate surface area is 149 Å². The zero-order chi connectivity index (χ0) is 16.9. The number of benzene rings is 3. The summed E-state index contributed by atoms with van der Waals surface area (Å²) < 4.78 is 6.70. The summed E-state index contributed by atoms with van der Waals surface area (Å²) in [5.41, 5.74) is 1.87. The van der Waals surface area contributed by atoms with Gasteiger partial charge in [-0.15, -0.1) is 0 Å². The molecule has 0 spiro atoms. The minimum absolute atomic E-state index is 0.0939. The molecule has 0 amide bonds. The van der Waals surface area contributed by atoms with Gasteiger partial charge in [-0.05, 0) is 54.1 Å². The molecule has 3 rings (SSSR count). The quantitative estimate of drug-likeness (QED) is 0.393. The molecular weight excluding hydrogens is 364 g/mol. The number of hydrogen-bond acceptors (Lipinski definition) is 2. The van der Waals surface area contributed by atoms with Crippen LogP contribution in [0.2, 0.25) is 0 Å². The predicted molar refractivity (Wildman–Crippen MR) is 100 cm³/mol. The molecule has 0 radical (unpaired) electrons. The Morgan fingerprint density at radius 3 is 1.92 bits per heavy atom. The summed E-state index contributed by atoms with van der Waals surface area (Å²) in [5, 5.41) is 0. The van der Waals surface area contributed by atoms with Gasteiger partial charge in [-0.25, -0.2) is 0 Å². The number of para-hydroxylation sites is 1. The Balaban J connectivity index is 1.74. The van der Waals surface area contributed by atoms with Gasteiger partial charge in [0.25, 0.3) is 0 Å². The van der Waals surface area contributed by atoms with Gasteiger partial charge < -0.3 is 4.74 Å². The van der Waals surface area contributed by atoms with Crippen LogP contribution in [-0.4, -0.2) is 5.78 Å². The summed E-state index contributed by atoms with van der Waals surface area (Å²) in [6, 6.07) is 24.1. The molecular formula is C21H15BrO2. The Morgan fingerprint density at radius 2 is 1.29 bits per heavy atom. The van der Waals surface area contributed by atoms with Gasteiger partial charge in [0.05, 0.1) is 0 Å². The van der Waals surface area contributed by atoms with Crippen LogP contribution in [0.4, 0.5) is 0 Å². The van der Waals surface area contributed by atoms with E-state index in [0.29, 0.717) is 16.9 Å². The van der Waals surface area contributed by atoms with E-state index in [4.69, 9.17) is 4.74 Å². The van der Waals surface area contributed by atoms with Gasteiger partial charge in [0, 0.05) is 15.6 Å². The number of rotatable bonds is 5.